The largest absolute Gasteiger partial charge is 0.461 e. The minimum Gasteiger partial charge on any atom is -0.461 e. The standard InChI is InChI=1S/C29H34F5N5O3/c1-16-11-28(6-4-8-39(28)12-16)15-42-26-36-20-10-21(22-23(29(32,33)34)18(30)9-19(35)24(22)31)41-13-17(20)25(37-26)38-7-3-5-27(2,40)14-38/h9,21,40H,1,3-8,10-15,35H2,2H3/t21-,27-,28+/m1/s1. The molecule has 42 heavy (non-hydrogen) atoms. The van der Waals surface area contributed by atoms with E-state index in [9.17, 15) is 22.7 Å². The average molecular weight is 596 g/mol. The zero-order valence-electron chi connectivity index (χ0n) is 23.4. The molecule has 6 rings (SSSR count). The Morgan fingerprint density at radius 3 is 2.71 bits per heavy atom. The van der Waals surface area contributed by atoms with Gasteiger partial charge in [-0.3, -0.25) is 4.90 Å². The molecule has 0 unspecified atom stereocenters. The zero-order valence-corrected chi connectivity index (χ0v) is 23.4. The molecule has 3 fully saturated rings. The van der Waals surface area contributed by atoms with Crippen LogP contribution in [0.5, 0.6) is 6.01 Å². The van der Waals surface area contributed by atoms with Crippen LogP contribution < -0.4 is 15.4 Å². The zero-order chi connectivity index (χ0) is 30.0. The van der Waals surface area contributed by atoms with Crippen LogP contribution in [-0.2, 0) is 23.9 Å². The molecule has 2 aromatic rings. The number of nitrogen functional groups attached to an aromatic ring is 1. The topological polar surface area (TPSA) is 97.0 Å². The number of halogens is 5. The second-order valence-electron chi connectivity index (χ2n) is 12.3. The number of nitrogens with two attached hydrogens (primary N) is 1. The summed E-state index contributed by atoms with van der Waals surface area (Å²) in [4.78, 5) is 13.5. The van der Waals surface area contributed by atoms with Crippen LogP contribution in [0.25, 0.3) is 0 Å². The van der Waals surface area contributed by atoms with Crippen LogP contribution in [-0.4, -0.2) is 63.9 Å². The van der Waals surface area contributed by atoms with Crippen molar-refractivity contribution in [2.45, 2.75) is 75.5 Å². The fourth-order valence-corrected chi connectivity index (χ4v) is 7.04. The maximum absolute atomic E-state index is 15.1. The van der Waals surface area contributed by atoms with E-state index in [4.69, 9.17) is 20.2 Å². The average Bonchev–Trinajstić information content (AvgIpc) is 3.43. The molecule has 228 valence electrons. The highest BCUT2D eigenvalue weighted by Gasteiger charge is 2.47. The number of β-amino-alcohol motifs (C(OH)–C–C–N with tert-alkyl or cyclic N) is 1. The molecule has 13 heteroatoms. The number of hydrogen-bond acceptors (Lipinski definition) is 8. The maximum Gasteiger partial charge on any atom is 0.419 e. The molecular formula is C29H34F5N5O3. The maximum atomic E-state index is 15.1. The van der Waals surface area contributed by atoms with Gasteiger partial charge in [0.05, 0.1) is 35.2 Å². The normalized spacial score (nSPS) is 28.2. The van der Waals surface area contributed by atoms with Gasteiger partial charge in [-0.2, -0.15) is 23.1 Å². The summed E-state index contributed by atoms with van der Waals surface area (Å²) in [5, 5.41) is 10.8. The number of ether oxygens (including phenoxy) is 2. The molecule has 0 radical (unpaired) electrons. The van der Waals surface area contributed by atoms with Crippen molar-refractivity contribution < 1.29 is 36.5 Å². The highest BCUT2D eigenvalue weighted by atomic mass is 19.4. The lowest BCUT2D eigenvalue weighted by Gasteiger charge is -2.39. The van der Waals surface area contributed by atoms with Crippen molar-refractivity contribution in [1.82, 2.24) is 14.9 Å². The summed E-state index contributed by atoms with van der Waals surface area (Å²) in [6.45, 7) is 8.50. The molecular weight excluding hydrogens is 561 g/mol. The molecule has 0 bridgehead atoms. The van der Waals surface area contributed by atoms with Gasteiger partial charge in [0.2, 0.25) is 0 Å². The van der Waals surface area contributed by atoms with Gasteiger partial charge in [-0.1, -0.05) is 12.2 Å². The third-order valence-electron chi connectivity index (χ3n) is 8.92. The van der Waals surface area contributed by atoms with Gasteiger partial charge >= 0.3 is 12.2 Å². The Morgan fingerprint density at radius 1 is 1.21 bits per heavy atom. The molecule has 3 saturated heterocycles. The Bertz CT molecular complexity index is 1420. The fraction of sp³-hybridized carbons (Fsp3) is 0.586. The lowest BCUT2D eigenvalue weighted by Crippen LogP contribution is -2.47. The highest BCUT2D eigenvalue weighted by molar-refractivity contribution is 5.54. The molecule has 1 aromatic heterocycles. The lowest BCUT2D eigenvalue weighted by molar-refractivity contribution is -0.142. The molecule has 0 amide bonds. The predicted molar refractivity (Wildman–Crippen MR) is 144 cm³/mol. The first-order chi connectivity index (χ1) is 19.8. The van der Waals surface area contributed by atoms with E-state index < -0.39 is 46.3 Å². The van der Waals surface area contributed by atoms with Crippen molar-refractivity contribution in [3.05, 3.63) is 52.2 Å². The fourth-order valence-electron chi connectivity index (χ4n) is 7.04. The number of fused-ring (bicyclic) bond motifs is 2. The molecule has 3 N–H and O–H groups in total. The predicted octanol–water partition coefficient (Wildman–Crippen LogP) is 4.69. The van der Waals surface area contributed by atoms with Crippen molar-refractivity contribution in [1.29, 1.82) is 0 Å². The van der Waals surface area contributed by atoms with Gasteiger partial charge in [0.25, 0.3) is 0 Å². The quantitative estimate of drug-likeness (QED) is 0.292. The number of aromatic nitrogens is 2. The van der Waals surface area contributed by atoms with E-state index in [1.165, 1.54) is 0 Å². The number of nitrogens with zero attached hydrogens (tertiary/aromatic N) is 4. The Hall–Kier alpha value is -3.03. The van der Waals surface area contributed by atoms with Crippen LogP contribution >= 0.6 is 0 Å². The smallest absolute Gasteiger partial charge is 0.419 e. The Morgan fingerprint density at radius 2 is 1.98 bits per heavy atom. The Kier molecular flexibility index (Phi) is 7.13. The third-order valence-corrected chi connectivity index (χ3v) is 8.92. The highest BCUT2D eigenvalue weighted by Crippen LogP contribution is 2.45. The van der Waals surface area contributed by atoms with Crippen molar-refractivity contribution in [2.75, 3.05) is 43.4 Å². The molecule has 0 saturated carbocycles. The molecule has 5 heterocycles. The van der Waals surface area contributed by atoms with Gasteiger partial charge in [0, 0.05) is 43.2 Å². The first-order valence-corrected chi connectivity index (χ1v) is 14.1. The van der Waals surface area contributed by atoms with Crippen LogP contribution in [0, 0.1) is 11.6 Å². The van der Waals surface area contributed by atoms with E-state index in [0.717, 1.165) is 37.9 Å². The van der Waals surface area contributed by atoms with Gasteiger partial charge in [-0.05, 0) is 45.6 Å². The molecule has 4 aliphatic rings. The third kappa shape index (κ3) is 5.19. The van der Waals surface area contributed by atoms with Gasteiger partial charge in [-0.25, -0.2) is 8.78 Å². The molecule has 1 aromatic carbocycles. The van der Waals surface area contributed by atoms with E-state index >= 15 is 4.39 Å². The number of anilines is 2. The number of piperidine rings is 1. The molecule has 8 nitrogen and oxygen atoms in total. The van der Waals surface area contributed by atoms with Crippen molar-refractivity contribution in [2.24, 2.45) is 0 Å². The van der Waals surface area contributed by atoms with Crippen molar-refractivity contribution in [3.63, 3.8) is 0 Å². The molecule has 3 atom stereocenters. The van der Waals surface area contributed by atoms with Crippen LogP contribution in [0.15, 0.2) is 18.2 Å². The van der Waals surface area contributed by atoms with Gasteiger partial charge in [0.15, 0.2) is 5.82 Å². The van der Waals surface area contributed by atoms with Crippen LogP contribution in [0.2, 0.25) is 0 Å². The minimum absolute atomic E-state index is 0.0311. The van der Waals surface area contributed by atoms with Crippen molar-refractivity contribution in [3.8, 4) is 6.01 Å². The molecule has 0 spiro atoms. The first-order valence-electron chi connectivity index (χ1n) is 14.1. The molecule has 4 aliphatic heterocycles. The Balaban J connectivity index is 1.38. The summed E-state index contributed by atoms with van der Waals surface area (Å²) < 4.78 is 83.4. The van der Waals surface area contributed by atoms with E-state index in [0.29, 0.717) is 49.1 Å². The monoisotopic (exact) mass is 595 g/mol. The number of hydrogen-bond donors (Lipinski definition) is 2. The second-order valence-corrected chi connectivity index (χ2v) is 12.3. The van der Waals surface area contributed by atoms with Crippen molar-refractivity contribution >= 4 is 11.5 Å². The summed E-state index contributed by atoms with van der Waals surface area (Å²) in [5.74, 6) is -2.61. The first kappa shape index (κ1) is 29.1. The summed E-state index contributed by atoms with van der Waals surface area (Å²) in [6, 6.07) is 0.361. The number of aliphatic hydroxyl groups is 1. The van der Waals surface area contributed by atoms with Gasteiger partial charge in [-0.15, -0.1) is 0 Å². The van der Waals surface area contributed by atoms with Crippen LogP contribution in [0.3, 0.4) is 0 Å². The lowest BCUT2D eigenvalue weighted by atomic mass is 9.92. The van der Waals surface area contributed by atoms with E-state index in [2.05, 4.69) is 16.5 Å². The summed E-state index contributed by atoms with van der Waals surface area (Å²) in [5.41, 5.74) is 2.79. The van der Waals surface area contributed by atoms with Gasteiger partial charge < -0.3 is 25.2 Å². The summed E-state index contributed by atoms with van der Waals surface area (Å²) in [7, 11) is 0. The minimum atomic E-state index is -5.18. The van der Waals surface area contributed by atoms with E-state index in [-0.39, 0.29) is 31.1 Å². The summed E-state index contributed by atoms with van der Waals surface area (Å²) in [6.07, 6.45) is -2.95. The van der Waals surface area contributed by atoms with Gasteiger partial charge in [0.1, 0.15) is 23.8 Å². The summed E-state index contributed by atoms with van der Waals surface area (Å²) >= 11 is 0. The second kappa shape index (κ2) is 10.3. The number of alkyl halides is 3. The van der Waals surface area contributed by atoms with Crippen LogP contribution in [0.4, 0.5) is 33.5 Å². The van der Waals surface area contributed by atoms with E-state index in [1.54, 1.807) is 6.92 Å². The number of benzene rings is 1. The van der Waals surface area contributed by atoms with Crippen LogP contribution in [0.1, 0.15) is 67.5 Å². The SMILES string of the molecule is C=C1CN2CCC[C@@]2(COc2nc3c(c(N4CCC[C@@](C)(O)C4)n2)CO[C@@H](c2c(F)c(N)cc(F)c2C(F)(F)F)C3)C1. The van der Waals surface area contributed by atoms with E-state index in [1.807, 2.05) is 4.90 Å². The number of rotatable bonds is 5. The molecule has 0 aliphatic carbocycles. The Labute approximate surface area is 240 Å².